The molecule has 5 nitrogen and oxygen atoms in total. The van der Waals surface area contributed by atoms with Crippen LogP contribution < -0.4 is 14.2 Å². The topological polar surface area (TPSA) is 48.0 Å². The Balaban J connectivity index is 3.22. The van der Waals surface area contributed by atoms with E-state index in [1.807, 2.05) is 0 Å². The van der Waals surface area contributed by atoms with Crippen molar-refractivity contribution < 1.29 is 19.0 Å². The highest BCUT2D eigenvalue weighted by Gasteiger charge is 2.16. The van der Waals surface area contributed by atoms with Crippen molar-refractivity contribution >= 4 is 23.7 Å². The number of aldehydes is 1. The molecular weight excluding hydrogens is 254 g/mol. The molecular formula is C12H15NO4S. The summed E-state index contributed by atoms with van der Waals surface area (Å²) in [5.74, 6) is 1.13. The van der Waals surface area contributed by atoms with Crippen LogP contribution in [-0.2, 0) is 0 Å². The smallest absolute Gasteiger partial charge is 0.264 e. The van der Waals surface area contributed by atoms with Crippen LogP contribution in [0.1, 0.15) is 10.4 Å². The molecule has 0 saturated carbocycles. The van der Waals surface area contributed by atoms with Gasteiger partial charge in [0.25, 0.3) is 5.17 Å². The lowest BCUT2D eigenvalue weighted by Crippen LogP contribution is -2.25. The monoisotopic (exact) mass is 269 g/mol. The molecule has 0 heterocycles. The van der Waals surface area contributed by atoms with Crippen molar-refractivity contribution in [1.29, 1.82) is 0 Å². The van der Waals surface area contributed by atoms with Crippen LogP contribution in [0.2, 0.25) is 0 Å². The molecule has 6 heteroatoms. The maximum absolute atomic E-state index is 10.8. The molecule has 1 aromatic carbocycles. The second-order valence-electron chi connectivity index (χ2n) is 3.63. The summed E-state index contributed by atoms with van der Waals surface area (Å²) in [4.78, 5) is 12.4. The molecule has 18 heavy (non-hydrogen) atoms. The van der Waals surface area contributed by atoms with E-state index in [0.29, 0.717) is 29.1 Å². The van der Waals surface area contributed by atoms with E-state index in [-0.39, 0.29) is 5.17 Å². The predicted octanol–water partition coefficient (Wildman–Crippen LogP) is 1.74. The Bertz CT molecular complexity index is 434. The van der Waals surface area contributed by atoms with Crippen LogP contribution in [0.4, 0.5) is 0 Å². The molecule has 0 spiro atoms. The first kappa shape index (κ1) is 14.2. The van der Waals surface area contributed by atoms with Crippen LogP contribution in [0.25, 0.3) is 0 Å². The van der Waals surface area contributed by atoms with Crippen molar-refractivity contribution in [1.82, 2.24) is 4.90 Å². The number of methoxy groups -OCH3 is 2. The first-order valence-electron chi connectivity index (χ1n) is 5.13. The number of ether oxygens (including phenoxy) is 3. The highest BCUT2D eigenvalue weighted by atomic mass is 32.1. The number of carbonyl (C=O) groups is 1. The van der Waals surface area contributed by atoms with Crippen LogP contribution in [-0.4, -0.2) is 44.7 Å². The summed E-state index contributed by atoms with van der Waals surface area (Å²) in [5.41, 5.74) is 0.437. The zero-order valence-electron chi connectivity index (χ0n) is 10.7. The van der Waals surface area contributed by atoms with Crippen LogP contribution >= 0.6 is 12.2 Å². The van der Waals surface area contributed by atoms with E-state index in [1.54, 1.807) is 31.1 Å². The van der Waals surface area contributed by atoms with Crippen molar-refractivity contribution in [2.75, 3.05) is 28.3 Å². The molecule has 0 atom stereocenters. The Labute approximate surface area is 111 Å². The van der Waals surface area contributed by atoms with Gasteiger partial charge < -0.3 is 19.1 Å². The highest BCUT2D eigenvalue weighted by molar-refractivity contribution is 7.80. The molecule has 0 N–H and O–H groups in total. The van der Waals surface area contributed by atoms with E-state index >= 15 is 0 Å². The van der Waals surface area contributed by atoms with Gasteiger partial charge in [0, 0.05) is 19.7 Å². The first-order valence-corrected chi connectivity index (χ1v) is 5.54. The number of thiocarbonyl (C=S) groups is 1. The Hall–Kier alpha value is -1.82. The molecule has 98 valence electrons. The number of rotatable bonds is 4. The lowest BCUT2D eigenvalue weighted by atomic mass is 10.2. The fourth-order valence-electron chi connectivity index (χ4n) is 1.25. The first-order chi connectivity index (χ1) is 8.53. The minimum absolute atomic E-state index is 0.269. The SMILES string of the molecule is COc1cc(C=O)cc(OC)c1OC(=S)N(C)C. The molecule has 0 saturated heterocycles. The zero-order chi connectivity index (χ0) is 13.7. The average molecular weight is 269 g/mol. The van der Waals surface area contributed by atoms with Gasteiger partial charge in [0.1, 0.15) is 6.29 Å². The maximum atomic E-state index is 10.8. The van der Waals surface area contributed by atoms with Crippen LogP contribution in [0, 0.1) is 0 Å². The number of nitrogens with zero attached hydrogens (tertiary/aromatic N) is 1. The van der Waals surface area contributed by atoms with Gasteiger partial charge in [-0.15, -0.1) is 0 Å². The zero-order valence-corrected chi connectivity index (χ0v) is 11.5. The number of hydrogen-bond donors (Lipinski definition) is 0. The molecule has 0 aliphatic carbocycles. The van der Waals surface area contributed by atoms with Crippen molar-refractivity contribution in [3.63, 3.8) is 0 Å². The van der Waals surface area contributed by atoms with E-state index in [9.17, 15) is 4.79 Å². The molecule has 0 aliphatic heterocycles. The summed E-state index contributed by atoms with van der Waals surface area (Å²) in [7, 11) is 6.49. The Morgan fingerprint density at radius 3 is 2.06 bits per heavy atom. The van der Waals surface area contributed by atoms with Gasteiger partial charge in [0.15, 0.2) is 11.5 Å². The second-order valence-corrected chi connectivity index (χ2v) is 3.98. The average Bonchev–Trinajstić information content (AvgIpc) is 2.38. The minimum atomic E-state index is 0.269. The minimum Gasteiger partial charge on any atom is -0.493 e. The third-order valence-corrected chi connectivity index (χ3v) is 2.62. The standard InChI is InChI=1S/C12H15NO4S/c1-13(2)12(18)17-11-9(15-3)5-8(7-14)6-10(11)16-4/h5-7H,1-4H3. The van der Waals surface area contributed by atoms with E-state index in [1.165, 1.54) is 14.2 Å². The Morgan fingerprint density at radius 1 is 1.22 bits per heavy atom. The van der Waals surface area contributed by atoms with Crippen molar-refractivity contribution in [2.45, 2.75) is 0 Å². The summed E-state index contributed by atoms with van der Waals surface area (Å²) in [5, 5.41) is 0.269. The third kappa shape index (κ3) is 3.10. The van der Waals surface area contributed by atoms with Crippen molar-refractivity contribution in [3.8, 4) is 17.2 Å². The van der Waals surface area contributed by atoms with E-state index < -0.39 is 0 Å². The molecule has 0 unspecified atom stereocenters. The van der Waals surface area contributed by atoms with Gasteiger partial charge in [0.05, 0.1) is 14.2 Å². The third-order valence-electron chi connectivity index (χ3n) is 2.17. The summed E-state index contributed by atoms with van der Waals surface area (Å²) >= 11 is 5.06. The molecule has 0 aromatic heterocycles. The molecule has 0 radical (unpaired) electrons. The lowest BCUT2D eigenvalue weighted by Gasteiger charge is -2.18. The molecule has 0 aliphatic rings. The van der Waals surface area contributed by atoms with Gasteiger partial charge in [-0.25, -0.2) is 0 Å². The van der Waals surface area contributed by atoms with E-state index in [0.717, 1.165) is 0 Å². The molecule has 1 aromatic rings. The van der Waals surface area contributed by atoms with Crippen molar-refractivity contribution in [2.24, 2.45) is 0 Å². The van der Waals surface area contributed by atoms with Crippen LogP contribution in [0.15, 0.2) is 12.1 Å². The van der Waals surface area contributed by atoms with Crippen molar-refractivity contribution in [3.05, 3.63) is 17.7 Å². The van der Waals surface area contributed by atoms with Gasteiger partial charge in [0.2, 0.25) is 5.75 Å². The Morgan fingerprint density at radius 2 is 1.72 bits per heavy atom. The van der Waals surface area contributed by atoms with Gasteiger partial charge >= 0.3 is 0 Å². The molecule has 0 bridgehead atoms. The second kappa shape index (κ2) is 6.20. The van der Waals surface area contributed by atoms with Gasteiger partial charge in [-0.05, 0) is 24.4 Å². The van der Waals surface area contributed by atoms with Crippen LogP contribution in [0.5, 0.6) is 17.2 Å². The van der Waals surface area contributed by atoms with Gasteiger partial charge in [-0.2, -0.15) is 0 Å². The number of hydrogen-bond acceptors (Lipinski definition) is 5. The lowest BCUT2D eigenvalue weighted by molar-refractivity contribution is 0.112. The Kier molecular flexibility index (Phi) is 4.91. The number of carbonyl (C=O) groups excluding carboxylic acids is 1. The van der Waals surface area contributed by atoms with Gasteiger partial charge in [-0.3, -0.25) is 4.79 Å². The molecule has 1 rings (SSSR count). The number of benzene rings is 1. The van der Waals surface area contributed by atoms with Crippen LogP contribution in [0.3, 0.4) is 0 Å². The largest absolute Gasteiger partial charge is 0.493 e. The quantitative estimate of drug-likeness (QED) is 0.613. The fourth-order valence-corrected chi connectivity index (χ4v) is 1.33. The van der Waals surface area contributed by atoms with E-state index in [2.05, 4.69) is 0 Å². The fraction of sp³-hybridized carbons (Fsp3) is 0.333. The van der Waals surface area contributed by atoms with Gasteiger partial charge in [-0.1, -0.05) is 0 Å². The molecule has 0 amide bonds. The van der Waals surface area contributed by atoms with E-state index in [4.69, 9.17) is 26.4 Å². The summed E-state index contributed by atoms with van der Waals surface area (Å²) < 4.78 is 15.8. The normalized spacial score (nSPS) is 9.56. The predicted molar refractivity (Wildman–Crippen MR) is 71.8 cm³/mol. The molecule has 0 fully saturated rings. The summed E-state index contributed by atoms with van der Waals surface area (Å²) in [6, 6.07) is 3.12. The summed E-state index contributed by atoms with van der Waals surface area (Å²) in [6.07, 6.45) is 0.707. The maximum Gasteiger partial charge on any atom is 0.264 e. The highest BCUT2D eigenvalue weighted by Crippen LogP contribution is 2.38. The summed E-state index contributed by atoms with van der Waals surface area (Å²) in [6.45, 7) is 0.